The highest BCUT2D eigenvalue weighted by Crippen LogP contribution is 2.22. The average molecular weight is 333 g/mol. The number of hydrogen-bond acceptors (Lipinski definition) is 5. The molecule has 1 aliphatic rings. The topological polar surface area (TPSA) is 74.4 Å². The van der Waals surface area contributed by atoms with Crippen molar-refractivity contribution in [3.05, 3.63) is 35.9 Å². The lowest BCUT2D eigenvalue weighted by molar-refractivity contribution is 0.0340. The lowest BCUT2D eigenvalue weighted by Crippen LogP contribution is -2.28. The van der Waals surface area contributed by atoms with Gasteiger partial charge in [-0.3, -0.25) is 4.79 Å². The van der Waals surface area contributed by atoms with Crippen LogP contribution >= 0.6 is 0 Å². The number of nitrogens with zero attached hydrogens (tertiary/aromatic N) is 5. The van der Waals surface area contributed by atoms with Crippen molar-refractivity contribution in [3.8, 4) is 0 Å². The maximum absolute atomic E-state index is 12.6. The van der Waals surface area contributed by atoms with E-state index in [0.717, 1.165) is 5.69 Å². The number of carbonyl (C=O) groups is 1. The predicted octanol–water partition coefficient (Wildman–Crippen LogP) is 0.865. The Morgan fingerprint density at radius 1 is 1.50 bits per heavy atom. The molecule has 0 spiro atoms. The molecule has 130 valence electrons. The maximum Gasteiger partial charge on any atom is 0.276 e. The van der Waals surface area contributed by atoms with E-state index in [2.05, 4.69) is 10.3 Å². The molecule has 1 amide bonds. The van der Waals surface area contributed by atoms with E-state index < -0.39 is 0 Å². The summed E-state index contributed by atoms with van der Waals surface area (Å²) < 4.78 is 14.8. The zero-order valence-electron chi connectivity index (χ0n) is 14.3. The molecule has 1 aliphatic heterocycles. The highest BCUT2D eigenvalue weighted by molar-refractivity contribution is 5.91. The number of aryl methyl sites for hydroxylation is 1. The van der Waals surface area contributed by atoms with Gasteiger partial charge in [-0.15, -0.1) is 5.10 Å². The lowest BCUT2D eigenvalue weighted by Gasteiger charge is -2.17. The molecular formula is C16H23N5O3. The Labute approximate surface area is 140 Å². The van der Waals surface area contributed by atoms with Gasteiger partial charge in [-0.2, -0.15) is 0 Å². The molecule has 3 heterocycles. The van der Waals surface area contributed by atoms with Crippen LogP contribution in [-0.4, -0.2) is 63.3 Å². The van der Waals surface area contributed by atoms with Crippen LogP contribution < -0.4 is 0 Å². The Bertz CT molecular complexity index is 695. The molecule has 24 heavy (non-hydrogen) atoms. The number of rotatable bonds is 6. The lowest BCUT2D eigenvalue weighted by atomic mass is 10.2. The first-order chi connectivity index (χ1) is 11.6. The van der Waals surface area contributed by atoms with Crippen molar-refractivity contribution in [2.45, 2.75) is 25.6 Å². The van der Waals surface area contributed by atoms with Crippen LogP contribution in [0.2, 0.25) is 0 Å². The molecule has 8 nitrogen and oxygen atoms in total. The third-order valence-electron chi connectivity index (χ3n) is 4.25. The highest BCUT2D eigenvalue weighted by atomic mass is 16.5. The molecule has 0 aromatic carbocycles. The summed E-state index contributed by atoms with van der Waals surface area (Å²) in [6.07, 6.45) is 3.58. The average Bonchev–Trinajstić information content (AvgIpc) is 3.28. The van der Waals surface area contributed by atoms with Gasteiger partial charge in [0, 0.05) is 32.6 Å². The summed E-state index contributed by atoms with van der Waals surface area (Å²) >= 11 is 0. The van der Waals surface area contributed by atoms with Crippen LogP contribution in [0.1, 0.15) is 29.1 Å². The molecule has 0 bridgehead atoms. The van der Waals surface area contributed by atoms with Gasteiger partial charge < -0.3 is 18.9 Å². The molecule has 1 fully saturated rings. The van der Waals surface area contributed by atoms with Crippen molar-refractivity contribution >= 4 is 5.91 Å². The SMILES string of the molecule is CCO[C@@H]1COC[C@H]1n1cc(C(=O)N(C)Cc2cccn2C)nn1. The van der Waals surface area contributed by atoms with Crippen LogP contribution in [0.5, 0.6) is 0 Å². The highest BCUT2D eigenvalue weighted by Gasteiger charge is 2.32. The van der Waals surface area contributed by atoms with Crippen LogP contribution in [0.25, 0.3) is 0 Å². The van der Waals surface area contributed by atoms with Crippen LogP contribution in [0.4, 0.5) is 0 Å². The molecule has 0 aliphatic carbocycles. The number of aromatic nitrogens is 4. The van der Waals surface area contributed by atoms with Crippen molar-refractivity contribution < 1.29 is 14.3 Å². The summed E-state index contributed by atoms with van der Waals surface area (Å²) in [5, 5.41) is 8.13. The smallest absolute Gasteiger partial charge is 0.276 e. The van der Waals surface area contributed by atoms with Crippen molar-refractivity contribution in [2.24, 2.45) is 7.05 Å². The van der Waals surface area contributed by atoms with Crippen molar-refractivity contribution in [3.63, 3.8) is 0 Å². The van der Waals surface area contributed by atoms with Gasteiger partial charge in [0.05, 0.1) is 26.0 Å². The Hall–Kier alpha value is -2.19. The molecule has 2 aromatic rings. The van der Waals surface area contributed by atoms with E-state index in [-0.39, 0.29) is 18.1 Å². The summed E-state index contributed by atoms with van der Waals surface area (Å²) in [5.74, 6) is -0.158. The van der Waals surface area contributed by atoms with E-state index in [9.17, 15) is 4.79 Å². The Kier molecular flexibility index (Phi) is 4.96. The number of ether oxygens (including phenoxy) is 2. The monoisotopic (exact) mass is 333 g/mol. The van der Waals surface area contributed by atoms with Crippen molar-refractivity contribution in [2.75, 3.05) is 26.9 Å². The Balaban J connectivity index is 1.68. The predicted molar refractivity (Wildman–Crippen MR) is 86.5 cm³/mol. The number of hydrogen-bond donors (Lipinski definition) is 0. The Morgan fingerprint density at radius 3 is 3.04 bits per heavy atom. The van der Waals surface area contributed by atoms with E-state index in [1.165, 1.54) is 0 Å². The maximum atomic E-state index is 12.6. The molecule has 0 unspecified atom stereocenters. The van der Waals surface area contributed by atoms with Crippen molar-refractivity contribution in [1.82, 2.24) is 24.5 Å². The van der Waals surface area contributed by atoms with Gasteiger partial charge in [-0.1, -0.05) is 5.21 Å². The van der Waals surface area contributed by atoms with Gasteiger partial charge in [0.2, 0.25) is 0 Å². The summed E-state index contributed by atoms with van der Waals surface area (Å²) in [6.45, 7) is 4.13. The minimum absolute atomic E-state index is 0.0443. The van der Waals surface area contributed by atoms with E-state index in [0.29, 0.717) is 32.1 Å². The molecule has 1 saturated heterocycles. The van der Waals surface area contributed by atoms with Gasteiger partial charge in [0.25, 0.3) is 5.91 Å². The summed E-state index contributed by atoms with van der Waals surface area (Å²) in [6, 6.07) is 3.90. The van der Waals surface area contributed by atoms with Gasteiger partial charge in [0.15, 0.2) is 5.69 Å². The molecule has 0 radical (unpaired) electrons. The summed E-state index contributed by atoms with van der Waals surface area (Å²) in [5.41, 5.74) is 1.38. The normalized spacial score (nSPS) is 20.5. The summed E-state index contributed by atoms with van der Waals surface area (Å²) in [7, 11) is 3.72. The van der Waals surface area contributed by atoms with Gasteiger partial charge in [-0.05, 0) is 19.1 Å². The Morgan fingerprint density at radius 2 is 2.33 bits per heavy atom. The zero-order valence-corrected chi connectivity index (χ0v) is 14.3. The van der Waals surface area contributed by atoms with E-state index in [1.807, 2.05) is 36.9 Å². The third-order valence-corrected chi connectivity index (χ3v) is 4.25. The second kappa shape index (κ2) is 7.14. The first-order valence-corrected chi connectivity index (χ1v) is 8.07. The van der Waals surface area contributed by atoms with Crippen molar-refractivity contribution in [1.29, 1.82) is 0 Å². The molecule has 2 atom stereocenters. The van der Waals surface area contributed by atoms with E-state index in [4.69, 9.17) is 9.47 Å². The van der Waals surface area contributed by atoms with E-state index in [1.54, 1.807) is 22.8 Å². The zero-order chi connectivity index (χ0) is 17.1. The molecule has 3 rings (SSSR count). The quantitative estimate of drug-likeness (QED) is 0.784. The van der Waals surface area contributed by atoms with Gasteiger partial charge in [0.1, 0.15) is 12.1 Å². The number of carbonyl (C=O) groups excluding carboxylic acids is 1. The van der Waals surface area contributed by atoms with E-state index >= 15 is 0 Å². The second-order valence-corrected chi connectivity index (χ2v) is 5.95. The van der Waals surface area contributed by atoms with Gasteiger partial charge in [-0.25, -0.2) is 4.68 Å². The minimum Gasteiger partial charge on any atom is -0.376 e. The fourth-order valence-electron chi connectivity index (χ4n) is 2.85. The fraction of sp³-hybridized carbons (Fsp3) is 0.562. The first-order valence-electron chi connectivity index (χ1n) is 8.07. The molecule has 0 N–H and O–H groups in total. The number of amides is 1. The minimum atomic E-state index is -0.158. The summed E-state index contributed by atoms with van der Waals surface area (Å²) in [4.78, 5) is 14.2. The van der Waals surface area contributed by atoms with Crippen LogP contribution in [0.15, 0.2) is 24.5 Å². The van der Waals surface area contributed by atoms with Crippen LogP contribution in [0, 0.1) is 0 Å². The standard InChI is InChI=1S/C16H23N5O3/c1-4-24-15-11-23-10-14(15)21-9-13(17-18-21)16(22)20(3)8-12-6-5-7-19(12)2/h5-7,9,14-15H,4,8,10-11H2,1-3H3/t14-,15-/m1/s1. The fourth-order valence-corrected chi connectivity index (χ4v) is 2.85. The first kappa shape index (κ1) is 16.7. The largest absolute Gasteiger partial charge is 0.376 e. The van der Waals surface area contributed by atoms with Gasteiger partial charge >= 0.3 is 0 Å². The van der Waals surface area contributed by atoms with Crippen LogP contribution in [0.3, 0.4) is 0 Å². The molecule has 8 heteroatoms. The second-order valence-electron chi connectivity index (χ2n) is 5.95. The third kappa shape index (κ3) is 3.34. The molecular weight excluding hydrogens is 310 g/mol. The molecule has 0 saturated carbocycles. The molecule has 2 aromatic heterocycles. The van der Waals surface area contributed by atoms with Crippen LogP contribution in [-0.2, 0) is 23.1 Å².